The van der Waals surface area contributed by atoms with E-state index in [1.165, 1.54) is 16.9 Å². The van der Waals surface area contributed by atoms with Gasteiger partial charge in [0.2, 0.25) is 5.91 Å². The predicted molar refractivity (Wildman–Crippen MR) is 112 cm³/mol. The van der Waals surface area contributed by atoms with Crippen LogP contribution in [-0.4, -0.2) is 27.1 Å². The van der Waals surface area contributed by atoms with Crippen molar-refractivity contribution in [2.24, 2.45) is 0 Å². The second kappa shape index (κ2) is 9.35. The Labute approximate surface area is 168 Å². The molecule has 0 saturated heterocycles. The minimum Gasteiger partial charge on any atom is -0.330 e. The van der Waals surface area contributed by atoms with Crippen molar-refractivity contribution in [2.75, 3.05) is 6.54 Å². The van der Waals surface area contributed by atoms with Crippen LogP contribution in [0.4, 0.5) is 0 Å². The van der Waals surface area contributed by atoms with E-state index in [0.717, 1.165) is 14.8 Å². The molecule has 0 N–H and O–H groups in total. The van der Waals surface area contributed by atoms with Crippen LogP contribution in [0.25, 0.3) is 6.08 Å². The lowest BCUT2D eigenvalue weighted by molar-refractivity contribution is -0.126. The van der Waals surface area contributed by atoms with Crippen molar-refractivity contribution < 1.29 is 4.79 Å². The maximum absolute atomic E-state index is 12.6. The lowest BCUT2D eigenvalue weighted by Crippen LogP contribution is -2.28. The zero-order valence-electron chi connectivity index (χ0n) is 14.8. The molecular weight excluding hydrogens is 378 g/mol. The lowest BCUT2D eigenvalue weighted by atomic mass is 10.2. The summed E-state index contributed by atoms with van der Waals surface area (Å²) in [4.78, 5) is 15.3. The van der Waals surface area contributed by atoms with Crippen molar-refractivity contribution >= 4 is 34.9 Å². The third kappa shape index (κ3) is 5.67. The monoisotopic (exact) mass is 397 g/mol. The predicted octanol–water partition coefficient (Wildman–Crippen LogP) is 4.87. The van der Waals surface area contributed by atoms with Gasteiger partial charge < -0.3 is 4.90 Å². The number of aromatic nitrogens is 2. The molecule has 1 aromatic carbocycles. The van der Waals surface area contributed by atoms with Crippen molar-refractivity contribution in [3.8, 4) is 0 Å². The standard InChI is InChI=1S/C21H20ClN3OS/c1-2-12-24(16-19-9-10-20(22)27-19)21(26)11-8-18-13-23-25(15-18)14-17-6-4-3-5-7-17/h2-11,13,15H,1,12,14,16H2/b11-8+. The molecule has 0 aliphatic heterocycles. The Bertz CT molecular complexity index is 930. The highest BCUT2D eigenvalue weighted by Gasteiger charge is 2.11. The quantitative estimate of drug-likeness (QED) is 0.401. The molecule has 0 aliphatic carbocycles. The number of hydrogen-bond donors (Lipinski definition) is 0. The number of hydrogen-bond acceptors (Lipinski definition) is 3. The summed E-state index contributed by atoms with van der Waals surface area (Å²) in [5.74, 6) is -0.0739. The van der Waals surface area contributed by atoms with Crippen LogP contribution in [0.15, 0.2) is 73.6 Å². The number of rotatable bonds is 8. The van der Waals surface area contributed by atoms with Crippen LogP contribution in [0.1, 0.15) is 16.0 Å². The van der Waals surface area contributed by atoms with Crippen LogP contribution >= 0.6 is 22.9 Å². The molecule has 0 saturated carbocycles. The highest BCUT2D eigenvalue weighted by molar-refractivity contribution is 7.16. The first-order valence-corrected chi connectivity index (χ1v) is 9.72. The molecule has 0 aliphatic rings. The summed E-state index contributed by atoms with van der Waals surface area (Å²) in [6, 6.07) is 13.9. The van der Waals surface area contributed by atoms with Crippen LogP contribution in [0.5, 0.6) is 0 Å². The normalized spacial score (nSPS) is 11.0. The smallest absolute Gasteiger partial charge is 0.247 e. The number of halogens is 1. The van der Waals surface area contributed by atoms with Gasteiger partial charge in [-0.2, -0.15) is 5.10 Å². The van der Waals surface area contributed by atoms with Gasteiger partial charge in [0.15, 0.2) is 0 Å². The van der Waals surface area contributed by atoms with Crippen molar-refractivity contribution in [1.82, 2.24) is 14.7 Å². The summed E-state index contributed by atoms with van der Waals surface area (Å²) in [5.41, 5.74) is 2.07. The van der Waals surface area contributed by atoms with Crippen LogP contribution in [-0.2, 0) is 17.9 Å². The van der Waals surface area contributed by atoms with E-state index in [0.29, 0.717) is 19.6 Å². The minimum atomic E-state index is -0.0739. The second-order valence-electron chi connectivity index (χ2n) is 6.00. The average Bonchev–Trinajstić information content (AvgIpc) is 3.29. The molecule has 2 aromatic heterocycles. The molecule has 0 spiro atoms. The number of nitrogens with zero attached hydrogens (tertiary/aromatic N) is 3. The number of carbonyl (C=O) groups is 1. The van der Waals surface area contributed by atoms with E-state index in [1.54, 1.807) is 29.3 Å². The Kier molecular flexibility index (Phi) is 6.63. The summed E-state index contributed by atoms with van der Waals surface area (Å²) >= 11 is 7.45. The first-order chi connectivity index (χ1) is 13.1. The molecule has 3 rings (SSSR count). The largest absolute Gasteiger partial charge is 0.330 e. The van der Waals surface area contributed by atoms with Gasteiger partial charge in [-0.25, -0.2) is 0 Å². The van der Waals surface area contributed by atoms with Crippen LogP contribution in [0.3, 0.4) is 0 Å². The second-order valence-corrected chi connectivity index (χ2v) is 7.80. The molecule has 1 amide bonds. The van der Waals surface area contributed by atoms with Gasteiger partial charge in [-0.15, -0.1) is 17.9 Å². The number of amides is 1. The maximum Gasteiger partial charge on any atom is 0.247 e. The summed E-state index contributed by atoms with van der Waals surface area (Å²) in [6.45, 7) is 5.43. The molecule has 3 aromatic rings. The SMILES string of the molecule is C=CCN(Cc1ccc(Cl)s1)C(=O)/C=C/c1cnn(Cc2ccccc2)c1. The van der Waals surface area contributed by atoms with Crippen molar-refractivity contribution in [3.63, 3.8) is 0 Å². The fourth-order valence-corrected chi connectivity index (χ4v) is 3.71. The zero-order valence-corrected chi connectivity index (χ0v) is 16.4. The van der Waals surface area contributed by atoms with Gasteiger partial charge in [-0.05, 0) is 23.8 Å². The van der Waals surface area contributed by atoms with Gasteiger partial charge in [0.1, 0.15) is 0 Å². The first kappa shape index (κ1) is 19.1. The molecule has 2 heterocycles. The summed E-state index contributed by atoms with van der Waals surface area (Å²) in [7, 11) is 0. The molecule has 0 unspecified atom stereocenters. The molecule has 4 nitrogen and oxygen atoms in total. The van der Waals surface area contributed by atoms with Crippen molar-refractivity contribution in [3.05, 3.63) is 93.9 Å². The van der Waals surface area contributed by atoms with Gasteiger partial charge in [0, 0.05) is 29.3 Å². The van der Waals surface area contributed by atoms with E-state index in [1.807, 2.05) is 41.2 Å². The third-order valence-electron chi connectivity index (χ3n) is 3.90. The van der Waals surface area contributed by atoms with Gasteiger partial charge >= 0.3 is 0 Å². The fraction of sp³-hybridized carbons (Fsp3) is 0.143. The van der Waals surface area contributed by atoms with Crippen LogP contribution in [0, 0.1) is 0 Å². The Balaban J connectivity index is 1.63. The fourth-order valence-electron chi connectivity index (χ4n) is 2.61. The van der Waals surface area contributed by atoms with Gasteiger partial charge in [-0.1, -0.05) is 48.0 Å². The van der Waals surface area contributed by atoms with Crippen molar-refractivity contribution in [1.29, 1.82) is 0 Å². The van der Waals surface area contributed by atoms with Gasteiger partial charge in [0.25, 0.3) is 0 Å². The Morgan fingerprint density at radius 2 is 2.07 bits per heavy atom. The molecule has 0 fully saturated rings. The third-order valence-corrected chi connectivity index (χ3v) is 5.11. The van der Waals surface area contributed by atoms with E-state index in [4.69, 9.17) is 11.6 Å². The number of benzene rings is 1. The highest BCUT2D eigenvalue weighted by atomic mass is 35.5. The average molecular weight is 398 g/mol. The van der Waals surface area contributed by atoms with Crippen LogP contribution < -0.4 is 0 Å². The Morgan fingerprint density at radius 1 is 1.26 bits per heavy atom. The molecule has 138 valence electrons. The van der Waals surface area contributed by atoms with Gasteiger partial charge in [0.05, 0.1) is 23.6 Å². The zero-order chi connectivity index (χ0) is 19.1. The van der Waals surface area contributed by atoms with Crippen LogP contribution in [0.2, 0.25) is 4.34 Å². The van der Waals surface area contributed by atoms with E-state index in [9.17, 15) is 4.79 Å². The molecule has 0 bridgehead atoms. The minimum absolute atomic E-state index is 0.0739. The number of thiophene rings is 1. The van der Waals surface area contributed by atoms with E-state index in [2.05, 4.69) is 23.8 Å². The summed E-state index contributed by atoms with van der Waals surface area (Å²) < 4.78 is 2.58. The molecule has 27 heavy (non-hydrogen) atoms. The molecule has 0 atom stereocenters. The Morgan fingerprint density at radius 3 is 2.78 bits per heavy atom. The summed E-state index contributed by atoms with van der Waals surface area (Å²) in [6.07, 6.45) is 8.76. The first-order valence-electron chi connectivity index (χ1n) is 8.52. The molecular formula is C21H20ClN3OS. The van der Waals surface area contributed by atoms with E-state index in [-0.39, 0.29) is 5.91 Å². The number of carbonyl (C=O) groups excluding carboxylic acids is 1. The Hall–Kier alpha value is -2.63. The highest BCUT2D eigenvalue weighted by Crippen LogP contribution is 2.22. The summed E-state index contributed by atoms with van der Waals surface area (Å²) in [5, 5.41) is 4.35. The molecule has 6 heteroatoms. The lowest BCUT2D eigenvalue weighted by Gasteiger charge is -2.18. The van der Waals surface area contributed by atoms with E-state index < -0.39 is 0 Å². The maximum atomic E-state index is 12.6. The van der Waals surface area contributed by atoms with Crippen molar-refractivity contribution in [2.45, 2.75) is 13.1 Å². The topological polar surface area (TPSA) is 38.1 Å². The van der Waals surface area contributed by atoms with Gasteiger partial charge in [-0.3, -0.25) is 9.48 Å². The molecule has 0 radical (unpaired) electrons. The van der Waals surface area contributed by atoms with E-state index >= 15 is 0 Å².